The van der Waals surface area contributed by atoms with Crippen molar-refractivity contribution >= 4 is 11.6 Å². The van der Waals surface area contributed by atoms with Crippen molar-refractivity contribution in [2.24, 2.45) is 0 Å². The summed E-state index contributed by atoms with van der Waals surface area (Å²) in [6.07, 6.45) is -11.3. The third-order valence-electron chi connectivity index (χ3n) is 9.44. The summed E-state index contributed by atoms with van der Waals surface area (Å²) < 4.78 is 134. The number of rotatable bonds is 9. The van der Waals surface area contributed by atoms with Crippen LogP contribution in [0.4, 0.5) is 39.5 Å². The van der Waals surface area contributed by atoms with Gasteiger partial charge in [0.05, 0.1) is 22.3 Å². The largest absolute Gasteiger partial charge is 0.573 e. The molecule has 0 amide bonds. The van der Waals surface area contributed by atoms with Crippen LogP contribution in [0.15, 0.2) is 155 Å². The Labute approximate surface area is 361 Å². The van der Waals surface area contributed by atoms with Gasteiger partial charge in [-0.05, 0) is 60.7 Å². The minimum absolute atomic E-state index is 0.0538. The molecular weight excluding hydrogens is 883 g/mol. The van der Waals surface area contributed by atoms with Crippen molar-refractivity contribution < 1.29 is 63.5 Å². The Morgan fingerprint density at radius 2 is 0.922 bits per heavy atom. The molecule has 0 spiro atoms. The summed E-state index contributed by atoms with van der Waals surface area (Å²) >= 11 is 5.94. The van der Waals surface area contributed by atoms with E-state index in [4.69, 9.17) is 20.6 Å². The molecule has 0 fully saturated rings. The minimum Gasteiger partial charge on any atom is -0.406 e. The number of nitrogens with zero attached hydrogens (tertiary/aromatic N) is 4. The highest BCUT2D eigenvalue weighted by Crippen LogP contribution is 2.46. The second kappa shape index (κ2) is 18.4. The Balaban J connectivity index is 0.000000193. The van der Waals surface area contributed by atoms with E-state index >= 15 is 0 Å². The van der Waals surface area contributed by atoms with Crippen LogP contribution in [-0.2, 0) is 12.4 Å². The molecular formula is C45H28ClF9N4O5. The maximum atomic E-state index is 13.7. The molecule has 8 rings (SSSR count). The molecule has 328 valence electrons. The van der Waals surface area contributed by atoms with Gasteiger partial charge in [-0.3, -0.25) is 9.97 Å². The van der Waals surface area contributed by atoms with Crippen LogP contribution in [0.25, 0.3) is 45.2 Å². The number of hydrogen-bond acceptors (Lipinski definition) is 9. The Morgan fingerprint density at radius 3 is 1.30 bits per heavy atom. The van der Waals surface area contributed by atoms with Gasteiger partial charge in [0, 0.05) is 63.2 Å². The van der Waals surface area contributed by atoms with Crippen molar-refractivity contribution in [2.75, 3.05) is 0 Å². The van der Waals surface area contributed by atoms with Crippen LogP contribution in [0.3, 0.4) is 0 Å². The number of alkyl halides is 9. The third kappa shape index (κ3) is 10.1. The first-order valence-electron chi connectivity index (χ1n) is 18.5. The Hall–Kier alpha value is -7.02. The van der Waals surface area contributed by atoms with Crippen molar-refractivity contribution in [2.45, 2.75) is 30.9 Å². The van der Waals surface area contributed by atoms with Crippen molar-refractivity contribution in [1.82, 2.24) is 20.3 Å². The molecule has 4 aromatic heterocycles. The first-order valence-corrected chi connectivity index (χ1v) is 18.9. The second-order valence-corrected chi connectivity index (χ2v) is 14.0. The SMILES string of the molecule is OC(c1cccnc1)c1c(-c2ccc(Cl)cc2)noc1-c1ccccc1C(F)(F)F.OC(c1cccnc1)c1c(-c2ccc(OC(F)(F)F)cc2)noc1-c1ccccc1C(F)(F)F. The average molecular weight is 911 g/mol. The highest BCUT2D eigenvalue weighted by Gasteiger charge is 2.38. The summed E-state index contributed by atoms with van der Waals surface area (Å²) in [5.74, 6) is -1.00. The number of hydrogen-bond donors (Lipinski definition) is 2. The normalized spacial score (nSPS) is 12.9. The van der Waals surface area contributed by atoms with Crippen LogP contribution in [0, 0.1) is 0 Å². The number of pyridine rings is 2. The van der Waals surface area contributed by atoms with Gasteiger partial charge < -0.3 is 24.0 Å². The van der Waals surface area contributed by atoms with Gasteiger partial charge in [-0.1, -0.05) is 82.6 Å². The van der Waals surface area contributed by atoms with Crippen LogP contribution < -0.4 is 4.74 Å². The molecule has 9 nitrogen and oxygen atoms in total. The highest BCUT2D eigenvalue weighted by atomic mass is 35.5. The zero-order chi connectivity index (χ0) is 45.8. The molecule has 19 heteroatoms. The van der Waals surface area contributed by atoms with Crippen LogP contribution in [0.5, 0.6) is 5.75 Å². The lowest BCUT2D eigenvalue weighted by Gasteiger charge is -2.15. The monoisotopic (exact) mass is 910 g/mol. The number of aliphatic hydroxyl groups is 2. The molecule has 0 saturated heterocycles. The summed E-state index contributed by atoms with van der Waals surface area (Å²) in [7, 11) is 0. The van der Waals surface area contributed by atoms with Crippen molar-refractivity contribution in [3.63, 3.8) is 0 Å². The first-order chi connectivity index (χ1) is 30.4. The summed E-state index contributed by atoms with van der Waals surface area (Å²) in [6.45, 7) is 0. The van der Waals surface area contributed by atoms with Gasteiger partial charge in [0.2, 0.25) is 0 Å². The van der Waals surface area contributed by atoms with E-state index in [0.717, 1.165) is 24.3 Å². The van der Waals surface area contributed by atoms with Crippen LogP contribution in [-0.4, -0.2) is 36.9 Å². The topological polar surface area (TPSA) is 128 Å². The zero-order valence-electron chi connectivity index (χ0n) is 32.2. The van der Waals surface area contributed by atoms with E-state index in [2.05, 4.69) is 25.0 Å². The van der Waals surface area contributed by atoms with Crippen molar-refractivity contribution in [1.29, 1.82) is 0 Å². The molecule has 0 bridgehead atoms. The molecule has 0 aliphatic rings. The molecule has 4 heterocycles. The maximum absolute atomic E-state index is 13.7. The van der Waals surface area contributed by atoms with Crippen LogP contribution >= 0.6 is 11.6 Å². The summed E-state index contributed by atoms with van der Waals surface area (Å²) in [4.78, 5) is 7.89. The maximum Gasteiger partial charge on any atom is 0.573 e. The third-order valence-corrected chi connectivity index (χ3v) is 9.69. The zero-order valence-corrected chi connectivity index (χ0v) is 33.0. The Morgan fingerprint density at radius 1 is 0.516 bits per heavy atom. The van der Waals surface area contributed by atoms with Crippen molar-refractivity contribution in [3.8, 4) is 50.9 Å². The Kier molecular flexibility index (Phi) is 12.9. The molecule has 0 aliphatic carbocycles. The molecule has 4 aromatic carbocycles. The van der Waals surface area contributed by atoms with E-state index in [0.29, 0.717) is 16.1 Å². The predicted octanol–water partition coefficient (Wildman–Crippen LogP) is 12.6. The van der Waals surface area contributed by atoms with Gasteiger partial charge in [-0.15, -0.1) is 13.2 Å². The van der Waals surface area contributed by atoms with Gasteiger partial charge in [-0.25, -0.2) is 0 Å². The van der Waals surface area contributed by atoms with Gasteiger partial charge in [0.15, 0.2) is 11.5 Å². The van der Waals surface area contributed by atoms with Crippen LogP contribution in [0.1, 0.15) is 45.6 Å². The highest BCUT2D eigenvalue weighted by molar-refractivity contribution is 6.30. The van der Waals surface area contributed by atoms with E-state index in [9.17, 15) is 49.7 Å². The van der Waals surface area contributed by atoms with E-state index in [-0.39, 0.29) is 56.3 Å². The molecule has 0 radical (unpaired) electrons. The molecule has 8 aromatic rings. The van der Waals surface area contributed by atoms with Gasteiger partial charge >= 0.3 is 18.7 Å². The van der Waals surface area contributed by atoms with Gasteiger partial charge in [-0.2, -0.15) is 26.3 Å². The number of benzene rings is 4. The summed E-state index contributed by atoms with van der Waals surface area (Å²) in [5, 5.41) is 30.5. The van der Waals surface area contributed by atoms with Gasteiger partial charge in [0.1, 0.15) is 29.3 Å². The van der Waals surface area contributed by atoms with E-state index in [1.54, 1.807) is 36.4 Å². The quantitative estimate of drug-likeness (QED) is 0.136. The lowest BCUT2D eigenvalue weighted by atomic mass is 9.93. The van der Waals surface area contributed by atoms with Crippen LogP contribution in [0.2, 0.25) is 5.02 Å². The summed E-state index contributed by atoms with van der Waals surface area (Å²) in [5.41, 5.74) is -0.928. The molecule has 0 aliphatic heterocycles. The lowest BCUT2D eigenvalue weighted by Crippen LogP contribution is -2.16. The van der Waals surface area contributed by atoms with E-state index < -0.39 is 47.8 Å². The fourth-order valence-electron chi connectivity index (χ4n) is 6.59. The number of ether oxygens (including phenoxy) is 1. The van der Waals surface area contributed by atoms with Crippen molar-refractivity contribution in [3.05, 3.63) is 185 Å². The standard InChI is InChI=1S/C23H14F6N2O3.C22H14ClF3N2O2/c24-22(25,26)17-6-2-1-5-16(17)21-18(20(32)14-4-3-11-30-12-14)19(31-34-21)13-7-9-15(10-8-13)33-23(27,28)29;23-15-9-7-13(8-10-15)19-18(20(29)14-4-3-11-27-12-14)21(30-28-19)16-5-1-2-6-17(16)22(24,25)26/h1-12,20,32H;1-12,20,29H. The number of halogens is 10. The second-order valence-electron chi connectivity index (χ2n) is 13.6. The summed E-state index contributed by atoms with van der Waals surface area (Å²) in [6, 6.07) is 26.9. The number of aromatic nitrogens is 4. The lowest BCUT2D eigenvalue weighted by molar-refractivity contribution is -0.274. The molecule has 64 heavy (non-hydrogen) atoms. The average Bonchev–Trinajstić information content (AvgIpc) is 3.92. The first kappa shape index (κ1) is 45.0. The van der Waals surface area contributed by atoms with Gasteiger partial charge in [0.25, 0.3) is 0 Å². The molecule has 2 atom stereocenters. The van der Waals surface area contributed by atoms with E-state index in [1.807, 2.05) is 0 Å². The smallest absolute Gasteiger partial charge is 0.406 e. The van der Waals surface area contributed by atoms with E-state index in [1.165, 1.54) is 85.5 Å². The molecule has 0 saturated carbocycles. The predicted molar refractivity (Wildman–Crippen MR) is 213 cm³/mol. The Bertz CT molecular complexity index is 2820. The number of aliphatic hydroxyl groups excluding tert-OH is 2. The molecule has 2 N–H and O–H groups in total. The molecule has 2 unspecified atom stereocenters. The fourth-order valence-corrected chi connectivity index (χ4v) is 6.72. The fraction of sp³-hybridized carbons (Fsp3) is 0.111. The minimum atomic E-state index is -4.90.